The van der Waals surface area contributed by atoms with Crippen LogP contribution < -0.4 is 26.4 Å². The summed E-state index contributed by atoms with van der Waals surface area (Å²) < 4.78 is 0. The molecule has 0 atom stereocenters. The third kappa shape index (κ3) is 4.67. The second-order valence-electron chi connectivity index (χ2n) is 5.17. The molecule has 1 aromatic heterocycles. The number of hydrogen-bond donors (Lipinski definition) is 3. The minimum absolute atomic E-state index is 0.558. The van der Waals surface area contributed by atoms with Gasteiger partial charge in [0.25, 0.3) is 0 Å². The summed E-state index contributed by atoms with van der Waals surface area (Å²) in [6, 6.07) is 14.0. The van der Waals surface area contributed by atoms with Gasteiger partial charge in [0.05, 0.1) is 23.6 Å². The average Bonchev–Trinajstić information content (AvgIpc) is 2.55. The Bertz CT molecular complexity index is 648. The number of benzene rings is 1. The van der Waals surface area contributed by atoms with E-state index in [-0.39, 0.29) is 0 Å². The van der Waals surface area contributed by atoms with Crippen LogP contribution in [0.1, 0.15) is 11.4 Å². The highest BCUT2D eigenvalue weighted by molar-refractivity contribution is 5.70. The van der Waals surface area contributed by atoms with Crippen molar-refractivity contribution in [2.75, 3.05) is 24.0 Å². The first kappa shape index (κ1) is 16.7. The van der Waals surface area contributed by atoms with Crippen molar-refractivity contribution in [3.8, 4) is 0 Å². The van der Waals surface area contributed by atoms with Crippen LogP contribution in [0.4, 0.5) is 11.4 Å². The van der Waals surface area contributed by atoms with E-state index in [1.807, 2.05) is 63.5 Å². The molecular weight excluding hydrogens is 292 g/mol. The lowest BCUT2D eigenvalue weighted by molar-refractivity contribution is -0.110. The molecule has 1 amide bonds. The van der Waals surface area contributed by atoms with Crippen molar-refractivity contribution >= 4 is 17.8 Å². The predicted octanol–water partition coefficient (Wildman–Crippen LogP) is 1.13. The summed E-state index contributed by atoms with van der Waals surface area (Å²) in [6.45, 7) is 2.69. The van der Waals surface area contributed by atoms with E-state index in [9.17, 15) is 4.79 Å². The first-order valence-corrected chi connectivity index (χ1v) is 7.28. The molecule has 0 unspecified atom stereocenters. The molecule has 1 aromatic carbocycles. The number of aryl methyl sites for hydroxylation is 1. The van der Waals surface area contributed by atoms with Crippen molar-refractivity contribution in [2.24, 2.45) is 0 Å². The summed E-state index contributed by atoms with van der Waals surface area (Å²) in [4.78, 5) is 17.0. The van der Waals surface area contributed by atoms with Crippen molar-refractivity contribution in [1.29, 1.82) is 0 Å². The largest absolute Gasteiger partial charge is 0.367 e. The topological polar surface area (TPSA) is 72.5 Å². The number of aromatic nitrogens is 1. The average molecular weight is 314 g/mol. The van der Waals surface area contributed by atoms with Gasteiger partial charge in [0.1, 0.15) is 0 Å². The number of para-hydroxylation sites is 2. The van der Waals surface area contributed by atoms with Gasteiger partial charge in [0.2, 0.25) is 6.41 Å². The standard InChI is InChI=1S/C16H22N6O/c1-13-7-6-8-14(18-13)11-21(2)15-9-4-5-10-16(15)22(3)20-19-17-12-23/h4-10,12,19-20H,11H2,1-3H3,(H,17,23). The van der Waals surface area contributed by atoms with Crippen LogP contribution in [0.25, 0.3) is 0 Å². The number of hydrogen-bond acceptors (Lipinski definition) is 6. The molecule has 2 rings (SSSR count). The fraction of sp³-hybridized carbons (Fsp3) is 0.250. The molecule has 7 heteroatoms. The molecule has 0 fully saturated rings. The number of nitrogens with zero attached hydrogens (tertiary/aromatic N) is 3. The van der Waals surface area contributed by atoms with Crippen LogP contribution in [0.5, 0.6) is 0 Å². The number of pyridine rings is 1. The minimum atomic E-state index is 0.558. The Morgan fingerprint density at radius 1 is 1.09 bits per heavy atom. The van der Waals surface area contributed by atoms with E-state index < -0.39 is 0 Å². The Kier molecular flexibility index (Phi) is 5.90. The molecular formula is C16H22N6O. The number of nitrogens with one attached hydrogen (secondary N) is 3. The van der Waals surface area contributed by atoms with Crippen molar-refractivity contribution in [3.63, 3.8) is 0 Å². The zero-order valence-electron chi connectivity index (χ0n) is 13.6. The monoisotopic (exact) mass is 314 g/mol. The van der Waals surface area contributed by atoms with Gasteiger partial charge in [-0.25, -0.2) is 0 Å². The summed E-state index contributed by atoms with van der Waals surface area (Å²) in [5.74, 6) is 0. The zero-order valence-corrected chi connectivity index (χ0v) is 13.6. The molecule has 0 spiro atoms. The maximum absolute atomic E-state index is 10.3. The predicted molar refractivity (Wildman–Crippen MR) is 91.4 cm³/mol. The van der Waals surface area contributed by atoms with Gasteiger partial charge in [-0.2, -0.15) is 11.1 Å². The van der Waals surface area contributed by atoms with Crippen LogP contribution >= 0.6 is 0 Å². The number of anilines is 2. The SMILES string of the molecule is Cc1cccc(CN(C)c2ccccc2N(C)NNNC=O)n1. The molecule has 3 N–H and O–H groups in total. The molecule has 0 saturated heterocycles. The number of carbonyl (C=O) groups excluding carboxylic acids is 1. The van der Waals surface area contributed by atoms with Gasteiger partial charge >= 0.3 is 0 Å². The second-order valence-corrected chi connectivity index (χ2v) is 5.17. The van der Waals surface area contributed by atoms with Crippen LogP contribution in [-0.4, -0.2) is 25.5 Å². The first-order valence-electron chi connectivity index (χ1n) is 7.28. The third-order valence-corrected chi connectivity index (χ3v) is 3.35. The number of amides is 1. The normalized spacial score (nSPS) is 10.2. The molecule has 1 heterocycles. The third-order valence-electron chi connectivity index (χ3n) is 3.35. The van der Waals surface area contributed by atoms with Crippen molar-refractivity contribution in [1.82, 2.24) is 21.5 Å². The fourth-order valence-electron chi connectivity index (χ4n) is 2.29. The molecule has 0 aliphatic heterocycles. The maximum atomic E-state index is 10.3. The molecule has 0 aliphatic rings. The Labute approximate surface area is 136 Å². The Morgan fingerprint density at radius 2 is 1.83 bits per heavy atom. The first-order chi connectivity index (χ1) is 11.1. The molecule has 0 bridgehead atoms. The Hall–Kier alpha value is -2.64. The Balaban J connectivity index is 2.13. The number of carbonyl (C=O) groups is 1. The van der Waals surface area contributed by atoms with E-state index in [1.54, 1.807) is 5.01 Å². The lowest BCUT2D eigenvalue weighted by Crippen LogP contribution is -2.51. The van der Waals surface area contributed by atoms with E-state index in [0.717, 1.165) is 22.8 Å². The van der Waals surface area contributed by atoms with Gasteiger partial charge < -0.3 is 4.90 Å². The van der Waals surface area contributed by atoms with Crippen molar-refractivity contribution in [3.05, 3.63) is 53.9 Å². The van der Waals surface area contributed by atoms with Crippen molar-refractivity contribution < 1.29 is 4.79 Å². The van der Waals surface area contributed by atoms with Gasteiger partial charge in [-0.3, -0.25) is 20.2 Å². The molecule has 0 saturated carbocycles. The summed E-state index contributed by atoms with van der Waals surface area (Å²) in [5.41, 5.74) is 11.8. The van der Waals surface area contributed by atoms with E-state index in [4.69, 9.17) is 0 Å². The highest BCUT2D eigenvalue weighted by Crippen LogP contribution is 2.27. The van der Waals surface area contributed by atoms with Gasteiger partial charge in [0.15, 0.2) is 0 Å². The van der Waals surface area contributed by atoms with Gasteiger partial charge in [-0.1, -0.05) is 18.2 Å². The number of rotatable bonds is 8. The van der Waals surface area contributed by atoms with Gasteiger partial charge in [-0.15, -0.1) is 0 Å². The van der Waals surface area contributed by atoms with Crippen LogP contribution in [-0.2, 0) is 11.3 Å². The molecule has 0 radical (unpaired) electrons. The second kappa shape index (κ2) is 8.11. The van der Waals surface area contributed by atoms with Crippen LogP contribution in [0, 0.1) is 6.92 Å². The summed E-state index contributed by atoms with van der Waals surface area (Å²) in [7, 11) is 3.88. The number of hydrazine groups is 3. The van der Waals surface area contributed by atoms with E-state index >= 15 is 0 Å². The van der Waals surface area contributed by atoms with Gasteiger partial charge in [-0.05, 0) is 31.2 Å². The highest BCUT2D eigenvalue weighted by Gasteiger charge is 2.11. The minimum Gasteiger partial charge on any atom is -0.367 e. The molecule has 0 aliphatic carbocycles. The summed E-state index contributed by atoms with van der Waals surface area (Å²) in [6.07, 6.45) is 0.558. The van der Waals surface area contributed by atoms with E-state index in [2.05, 4.69) is 26.4 Å². The summed E-state index contributed by atoms with van der Waals surface area (Å²) in [5, 5.41) is 1.78. The smallest absolute Gasteiger partial charge is 0.222 e. The summed E-state index contributed by atoms with van der Waals surface area (Å²) >= 11 is 0. The van der Waals surface area contributed by atoms with Crippen molar-refractivity contribution in [2.45, 2.75) is 13.5 Å². The van der Waals surface area contributed by atoms with E-state index in [0.29, 0.717) is 13.0 Å². The quantitative estimate of drug-likeness (QED) is 0.385. The van der Waals surface area contributed by atoms with Crippen LogP contribution in [0.3, 0.4) is 0 Å². The van der Waals surface area contributed by atoms with E-state index in [1.165, 1.54) is 0 Å². The fourth-order valence-corrected chi connectivity index (χ4v) is 2.29. The van der Waals surface area contributed by atoms with Crippen LogP contribution in [0.2, 0.25) is 0 Å². The maximum Gasteiger partial charge on any atom is 0.222 e. The lowest BCUT2D eigenvalue weighted by Gasteiger charge is -2.28. The highest BCUT2D eigenvalue weighted by atomic mass is 16.1. The molecule has 122 valence electrons. The van der Waals surface area contributed by atoms with Crippen LogP contribution in [0.15, 0.2) is 42.5 Å². The lowest BCUT2D eigenvalue weighted by atomic mass is 10.2. The molecule has 23 heavy (non-hydrogen) atoms. The molecule has 7 nitrogen and oxygen atoms in total. The molecule has 2 aromatic rings. The van der Waals surface area contributed by atoms with Gasteiger partial charge in [0, 0.05) is 19.8 Å². The zero-order chi connectivity index (χ0) is 16.7. The Morgan fingerprint density at radius 3 is 2.52 bits per heavy atom.